The fraction of sp³-hybridized carbons (Fsp3) is 0.308. The number of aromatic nitrogens is 2. The van der Waals surface area contributed by atoms with E-state index in [0.717, 1.165) is 32.3 Å². The Morgan fingerprint density at radius 1 is 1.16 bits per heavy atom. The van der Waals surface area contributed by atoms with Crippen LogP contribution in [0.5, 0.6) is 5.75 Å². The van der Waals surface area contributed by atoms with Crippen LogP contribution in [0.2, 0.25) is 4.34 Å². The van der Waals surface area contributed by atoms with Crippen molar-refractivity contribution in [3.05, 3.63) is 70.1 Å². The third-order valence-corrected chi connectivity index (χ3v) is 9.82. The van der Waals surface area contributed by atoms with Gasteiger partial charge in [0.2, 0.25) is 5.91 Å². The first kappa shape index (κ1) is 27.9. The number of anilines is 1. The maximum atomic E-state index is 13.4. The van der Waals surface area contributed by atoms with Crippen molar-refractivity contribution >= 4 is 55.6 Å². The predicted molar refractivity (Wildman–Crippen MR) is 152 cm³/mol. The third kappa shape index (κ3) is 5.51. The highest BCUT2D eigenvalue weighted by Crippen LogP contribution is 2.37. The van der Waals surface area contributed by atoms with Crippen molar-refractivity contribution in [2.45, 2.75) is 36.7 Å². The van der Waals surface area contributed by atoms with Crippen molar-refractivity contribution in [2.24, 2.45) is 0 Å². The fourth-order valence-electron chi connectivity index (χ4n) is 3.90. The number of hydrogen-bond donors (Lipinski definition) is 2. The van der Waals surface area contributed by atoms with Crippen LogP contribution in [0, 0.1) is 0 Å². The Hall–Kier alpha value is -3.12. The van der Waals surface area contributed by atoms with Crippen LogP contribution in [0.25, 0.3) is 10.9 Å². The van der Waals surface area contributed by atoms with Gasteiger partial charge in [0.25, 0.3) is 10.0 Å². The smallest absolute Gasteiger partial charge is 0.274 e. The number of nitrogens with one attached hydrogen (secondary N) is 2. The standard InChI is InChI=1S/C26H30ClN5O4S2/c1-26(2,28-3)25(33)29-15-17-8-6-9-18(14-17)16-32-19-10-7-11-20(36-5)23(19)24(30-32)31(4)38(34,35)22-13-12-21(27)37-22/h6-14,28H,15-16H2,1-5H3,(H,29,33). The van der Waals surface area contributed by atoms with E-state index in [1.54, 1.807) is 23.9 Å². The number of carbonyl (C=O) groups excluding carboxylic acids is 1. The van der Waals surface area contributed by atoms with Crippen LogP contribution in [0.3, 0.4) is 0 Å². The van der Waals surface area contributed by atoms with Gasteiger partial charge in [-0.1, -0.05) is 41.9 Å². The monoisotopic (exact) mass is 575 g/mol. The van der Waals surface area contributed by atoms with Gasteiger partial charge >= 0.3 is 0 Å². The first-order valence-electron chi connectivity index (χ1n) is 11.8. The van der Waals surface area contributed by atoms with Gasteiger partial charge in [-0.3, -0.25) is 13.8 Å². The van der Waals surface area contributed by atoms with Crippen LogP contribution in [0.15, 0.2) is 58.8 Å². The lowest BCUT2D eigenvalue weighted by molar-refractivity contribution is -0.126. The van der Waals surface area contributed by atoms with E-state index in [1.165, 1.54) is 20.2 Å². The van der Waals surface area contributed by atoms with Gasteiger partial charge in [-0.05, 0) is 56.3 Å². The minimum atomic E-state index is -3.89. The van der Waals surface area contributed by atoms with E-state index in [4.69, 9.17) is 21.4 Å². The number of rotatable bonds is 10. The topological polar surface area (TPSA) is 106 Å². The highest BCUT2D eigenvalue weighted by molar-refractivity contribution is 7.94. The molecule has 4 rings (SSSR count). The molecule has 12 heteroatoms. The summed E-state index contributed by atoms with van der Waals surface area (Å²) in [5.74, 6) is 0.662. The van der Waals surface area contributed by atoms with E-state index in [2.05, 4.69) is 10.6 Å². The molecule has 0 bridgehead atoms. The van der Waals surface area contributed by atoms with Crippen molar-refractivity contribution < 1.29 is 17.9 Å². The predicted octanol–water partition coefficient (Wildman–Crippen LogP) is 4.25. The summed E-state index contributed by atoms with van der Waals surface area (Å²) in [6.07, 6.45) is 0. The summed E-state index contributed by atoms with van der Waals surface area (Å²) in [7, 11) is 0.861. The molecule has 2 aromatic carbocycles. The summed E-state index contributed by atoms with van der Waals surface area (Å²) in [5.41, 5.74) is 1.92. The second-order valence-corrected chi connectivity index (χ2v) is 13.2. The molecule has 4 aromatic rings. The Labute approximate surface area is 231 Å². The molecule has 1 amide bonds. The zero-order valence-electron chi connectivity index (χ0n) is 21.8. The van der Waals surface area contributed by atoms with Gasteiger partial charge in [0.1, 0.15) is 9.96 Å². The Bertz CT molecular complexity index is 1580. The lowest BCUT2D eigenvalue weighted by Crippen LogP contribution is -2.50. The molecule has 202 valence electrons. The first-order chi connectivity index (χ1) is 18.0. The molecule has 0 saturated carbocycles. The molecule has 0 aliphatic rings. The molecular formula is C26H30ClN5O4S2. The molecule has 9 nitrogen and oxygen atoms in total. The van der Waals surface area contributed by atoms with Gasteiger partial charge in [-0.2, -0.15) is 5.10 Å². The summed E-state index contributed by atoms with van der Waals surface area (Å²) in [4.78, 5) is 12.4. The Balaban J connectivity index is 1.68. The lowest BCUT2D eigenvalue weighted by atomic mass is 10.0. The number of sulfonamides is 1. The first-order valence-corrected chi connectivity index (χ1v) is 14.4. The number of fused-ring (bicyclic) bond motifs is 1. The normalized spacial score (nSPS) is 12.1. The Morgan fingerprint density at radius 2 is 1.87 bits per heavy atom. The van der Waals surface area contributed by atoms with Crippen molar-refractivity contribution in [1.29, 1.82) is 0 Å². The second kappa shape index (κ2) is 10.9. The van der Waals surface area contributed by atoms with Crippen LogP contribution in [-0.4, -0.2) is 50.8 Å². The number of carbonyl (C=O) groups is 1. The molecule has 0 radical (unpaired) electrons. The van der Waals surface area contributed by atoms with Crippen LogP contribution in [0.1, 0.15) is 25.0 Å². The fourth-order valence-corrected chi connectivity index (χ4v) is 6.71. The molecule has 0 unspecified atom stereocenters. The van der Waals surface area contributed by atoms with Crippen LogP contribution < -0.4 is 19.7 Å². The molecule has 38 heavy (non-hydrogen) atoms. The number of nitrogens with zero attached hydrogens (tertiary/aromatic N) is 3. The SMILES string of the molecule is CNC(C)(C)C(=O)NCc1cccc(Cn2nc(N(C)S(=O)(=O)c3ccc(Cl)s3)c3c(OC)cccc32)c1. The van der Waals surface area contributed by atoms with Crippen LogP contribution >= 0.6 is 22.9 Å². The molecule has 0 spiro atoms. The van der Waals surface area contributed by atoms with Gasteiger partial charge in [-0.15, -0.1) is 11.3 Å². The molecule has 0 aliphatic heterocycles. The van der Waals surface area contributed by atoms with E-state index in [-0.39, 0.29) is 15.9 Å². The minimum Gasteiger partial charge on any atom is -0.496 e. The van der Waals surface area contributed by atoms with Crippen LogP contribution in [0.4, 0.5) is 5.82 Å². The van der Waals surface area contributed by atoms with Crippen molar-refractivity contribution in [1.82, 2.24) is 20.4 Å². The van der Waals surface area contributed by atoms with Gasteiger partial charge in [0.15, 0.2) is 5.82 Å². The molecule has 0 saturated heterocycles. The molecule has 2 aromatic heterocycles. The summed E-state index contributed by atoms with van der Waals surface area (Å²) < 4.78 is 35.7. The number of thiophene rings is 1. The van der Waals surface area contributed by atoms with Gasteiger partial charge < -0.3 is 15.4 Å². The van der Waals surface area contributed by atoms with Crippen molar-refractivity contribution in [3.63, 3.8) is 0 Å². The van der Waals surface area contributed by atoms with E-state index in [9.17, 15) is 13.2 Å². The lowest BCUT2D eigenvalue weighted by Gasteiger charge is -2.22. The maximum absolute atomic E-state index is 13.4. The average molecular weight is 576 g/mol. The largest absolute Gasteiger partial charge is 0.496 e. The Morgan fingerprint density at radius 3 is 2.53 bits per heavy atom. The van der Waals surface area contributed by atoms with E-state index in [1.807, 2.05) is 50.2 Å². The number of hydrogen-bond acceptors (Lipinski definition) is 7. The highest BCUT2D eigenvalue weighted by Gasteiger charge is 2.29. The quantitative estimate of drug-likeness (QED) is 0.293. The third-order valence-electron chi connectivity index (χ3n) is 6.37. The van der Waals surface area contributed by atoms with Crippen LogP contribution in [-0.2, 0) is 27.9 Å². The van der Waals surface area contributed by atoms with Gasteiger partial charge in [0.05, 0.1) is 34.4 Å². The minimum absolute atomic E-state index is 0.100. The molecule has 2 N–H and O–H groups in total. The Kier molecular flexibility index (Phi) is 8.03. The summed E-state index contributed by atoms with van der Waals surface area (Å²) in [6, 6.07) is 16.3. The number of likely N-dealkylation sites (N-methyl/N-ethyl adjacent to an activating group) is 1. The van der Waals surface area contributed by atoms with Crippen molar-refractivity contribution in [2.75, 3.05) is 25.5 Å². The highest BCUT2D eigenvalue weighted by atomic mass is 35.5. The molecule has 0 atom stereocenters. The van der Waals surface area contributed by atoms with Gasteiger partial charge in [0, 0.05) is 13.6 Å². The van der Waals surface area contributed by atoms with E-state index >= 15 is 0 Å². The molecule has 0 aliphatic carbocycles. The zero-order valence-corrected chi connectivity index (χ0v) is 24.2. The second-order valence-electron chi connectivity index (χ2n) is 9.24. The zero-order chi connectivity index (χ0) is 27.7. The molecule has 2 heterocycles. The van der Waals surface area contributed by atoms with Gasteiger partial charge in [-0.25, -0.2) is 8.42 Å². The molecule has 0 fully saturated rings. The average Bonchev–Trinajstić information content (AvgIpc) is 3.51. The van der Waals surface area contributed by atoms with E-state index < -0.39 is 15.6 Å². The number of amides is 1. The summed E-state index contributed by atoms with van der Waals surface area (Å²) in [5, 5.41) is 11.3. The number of halogens is 1. The number of benzene rings is 2. The number of ether oxygens (including phenoxy) is 1. The summed E-state index contributed by atoms with van der Waals surface area (Å²) in [6.45, 7) is 4.39. The number of methoxy groups -OCH3 is 1. The van der Waals surface area contributed by atoms with E-state index in [0.29, 0.717) is 28.6 Å². The van der Waals surface area contributed by atoms with Crippen molar-refractivity contribution in [3.8, 4) is 5.75 Å². The maximum Gasteiger partial charge on any atom is 0.274 e. The summed E-state index contributed by atoms with van der Waals surface area (Å²) >= 11 is 7.00. The molecular weight excluding hydrogens is 546 g/mol.